The van der Waals surface area contributed by atoms with E-state index in [-0.39, 0.29) is 0 Å². The zero-order chi connectivity index (χ0) is 38.4. The first-order valence-corrected chi connectivity index (χ1v) is 19.6. The summed E-state index contributed by atoms with van der Waals surface area (Å²) >= 11 is 0. The van der Waals surface area contributed by atoms with Gasteiger partial charge < -0.3 is 9.32 Å². The minimum Gasteiger partial charge on any atom is -0.456 e. The van der Waals surface area contributed by atoms with E-state index in [1.807, 2.05) is 24.3 Å². The third-order valence-electron chi connectivity index (χ3n) is 11.0. The molecule has 58 heavy (non-hydrogen) atoms. The Morgan fingerprint density at radius 1 is 0.362 bits per heavy atom. The first kappa shape index (κ1) is 33.5. The molecule has 4 heteroatoms. The molecular formula is C54H35N3O. The molecule has 2 aromatic heterocycles. The summed E-state index contributed by atoms with van der Waals surface area (Å²) < 4.78 is 6.31. The van der Waals surface area contributed by atoms with E-state index < -0.39 is 0 Å². The fourth-order valence-electron chi connectivity index (χ4n) is 8.25. The van der Waals surface area contributed by atoms with Crippen molar-refractivity contribution in [1.29, 1.82) is 0 Å². The summed E-state index contributed by atoms with van der Waals surface area (Å²) in [7, 11) is 0. The van der Waals surface area contributed by atoms with Crippen molar-refractivity contribution in [3.05, 3.63) is 212 Å². The highest BCUT2D eigenvalue weighted by molar-refractivity contribution is 6.09. The lowest BCUT2D eigenvalue weighted by atomic mass is 9.97. The van der Waals surface area contributed by atoms with Crippen molar-refractivity contribution >= 4 is 60.8 Å². The normalized spacial score (nSPS) is 11.4. The van der Waals surface area contributed by atoms with E-state index in [0.717, 1.165) is 94.4 Å². The maximum Gasteiger partial charge on any atom is 0.135 e. The number of aromatic nitrogens is 2. The van der Waals surface area contributed by atoms with Gasteiger partial charge in [-0.2, -0.15) is 0 Å². The number of anilines is 3. The van der Waals surface area contributed by atoms with Crippen molar-refractivity contribution in [2.24, 2.45) is 0 Å². The Morgan fingerprint density at radius 3 is 1.71 bits per heavy atom. The monoisotopic (exact) mass is 741 g/mol. The molecule has 0 saturated carbocycles. The van der Waals surface area contributed by atoms with Crippen molar-refractivity contribution in [1.82, 2.24) is 9.97 Å². The van der Waals surface area contributed by atoms with E-state index in [9.17, 15) is 0 Å². The van der Waals surface area contributed by atoms with Crippen molar-refractivity contribution in [3.8, 4) is 44.8 Å². The molecular weight excluding hydrogens is 707 g/mol. The van der Waals surface area contributed by atoms with Crippen LogP contribution in [-0.4, -0.2) is 9.97 Å². The molecule has 0 unspecified atom stereocenters. The Kier molecular flexibility index (Phi) is 8.11. The van der Waals surface area contributed by atoms with Crippen LogP contribution < -0.4 is 4.90 Å². The van der Waals surface area contributed by atoms with E-state index in [2.05, 4.69) is 193 Å². The van der Waals surface area contributed by atoms with Crippen molar-refractivity contribution < 1.29 is 4.42 Å². The Labute approximate surface area is 335 Å². The summed E-state index contributed by atoms with van der Waals surface area (Å²) in [5.74, 6) is 0. The SMILES string of the molecule is c1ccc(-c2cccc(-c3ccccc3N(c3ccc4oc5ccccc5c4c3)c3ccc4ccc5nc(-c6ccccc6)c(-c6ccccc6)nc5c4c3)c2)cc1. The van der Waals surface area contributed by atoms with Gasteiger partial charge in [0.1, 0.15) is 11.2 Å². The van der Waals surface area contributed by atoms with Gasteiger partial charge >= 0.3 is 0 Å². The molecule has 0 amide bonds. The summed E-state index contributed by atoms with van der Waals surface area (Å²) in [5, 5.41) is 4.28. The lowest BCUT2D eigenvalue weighted by molar-refractivity contribution is 0.669. The Hall–Kier alpha value is -7.82. The quantitative estimate of drug-likeness (QED) is 0.153. The molecule has 0 N–H and O–H groups in total. The first-order chi connectivity index (χ1) is 28.7. The number of nitrogens with zero attached hydrogens (tertiary/aromatic N) is 3. The molecule has 9 aromatic carbocycles. The zero-order valence-corrected chi connectivity index (χ0v) is 31.5. The maximum absolute atomic E-state index is 6.31. The third kappa shape index (κ3) is 5.87. The van der Waals surface area contributed by atoms with Gasteiger partial charge in [0, 0.05) is 44.2 Å². The molecule has 2 heterocycles. The van der Waals surface area contributed by atoms with E-state index in [1.165, 1.54) is 11.1 Å². The fourth-order valence-corrected chi connectivity index (χ4v) is 8.25. The van der Waals surface area contributed by atoms with Crippen LogP contribution in [0, 0.1) is 0 Å². The van der Waals surface area contributed by atoms with Crippen molar-refractivity contribution in [2.45, 2.75) is 0 Å². The van der Waals surface area contributed by atoms with Crippen LogP contribution in [0.1, 0.15) is 0 Å². The molecule has 272 valence electrons. The molecule has 4 nitrogen and oxygen atoms in total. The van der Waals surface area contributed by atoms with Crippen LogP contribution in [-0.2, 0) is 0 Å². The van der Waals surface area contributed by atoms with Gasteiger partial charge in [0.05, 0.1) is 28.1 Å². The second-order valence-corrected chi connectivity index (χ2v) is 14.6. The largest absolute Gasteiger partial charge is 0.456 e. The van der Waals surface area contributed by atoms with Gasteiger partial charge in [0.25, 0.3) is 0 Å². The van der Waals surface area contributed by atoms with Crippen LogP contribution in [0.25, 0.3) is 88.5 Å². The summed E-state index contributed by atoms with van der Waals surface area (Å²) in [6.45, 7) is 0. The third-order valence-corrected chi connectivity index (χ3v) is 11.0. The predicted molar refractivity (Wildman–Crippen MR) is 241 cm³/mol. The number of furan rings is 1. The molecule has 11 rings (SSSR count). The average molecular weight is 742 g/mol. The smallest absolute Gasteiger partial charge is 0.135 e. The van der Waals surface area contributed by atoms with Crippen LogP contribution in [0.3, 0.4) is 0 Å². The first-order valence-electron chi connectivity index (χ1n) is 19.6. The maximum atomic E-state index is 6.31. The summed E-state index contributed by atoms with van der Waals surface area (Å²) in [6.07, 6.45) is 0. The Bertz CT molecular complexity index is 3280. The summed E-state index contributed by atoms with van der Waals surface area (Å²) in [6, 6.07) is 74.5. The van der Waals surface area contributed by atoms with E-state index in [4.69, 9.17) is 14.4 Å². The molecule has 0 atom stereocenters. The molecule has 0 spiro atoms. The lowest BCUT2D eigenvalue weighted by Crippen LogP contribution is -2.11. The van der Waals surface area contributed by atoms with Gasteiger partial charge in [-0.25, -0.2) is 9.97 Å². The van der Waals surface area contributed by atoms with Gasteiger partial charge in [-0.3, -0.25) is 0 Å². The number of hydrogen-bond donors (Lipinski definition) is 0. The minimum absolute atomic E-state index is 0.846. The van der Waals surface area contributed by atoms with Gasteiger partial charge in [-0.1, -0.05) is 158 Å². The standard InChI is InChI=1S/C54H35N3O/c1-4-15-36(16-5-1)40-21-14-22-41(33-40)44-23-10-12-25-49(44)57(43-30-32-51-47(35-43)45-24-11-13-26-50(45)58-51)42-29-27-37-28-31-48-54(46(37)34-42)56-53(39-19-8-3-9-20-39)52(55-48)38-17-6-2-7-18-38/h1-35H. The second kappa shape index (κ2) is 14.0. The van der Waals surface area contributed by atoms with Crippen LogP contribution in [0.4, 0.5) is 17.1 Å². The zero-order valence-electron chi connectivity index (χ0n) is 31.5. The molecule has 0 aliphatic carbocycles. The molecule has 0 saturated heterocycles. The highest BCUT2D eigenvalue weighted by Gasteiger charge is 2.21. The number of rotatable bonds is 7. The minimum atomic E-state index is 0.846. The summed E-state index contributed by atoms with van der Waals surface area (Å²) in [5.41, 5.74) is 14.9. The predicted octanol–water partition coefficient (Wildman–Crippen LogP) is 14.8. The number of hydrogen-bond acceptors (Lipinski definition) is 4. The van der Waals surface area contributed by atoms with E-state index in [1.54, 1.807) is 0 Å². The molecule has 0 radical (unpaired) electrons. The second-order valence-electron chi connectivity index (χ2n) is 14.6. The lowest BCUT2D eigenvalue weighted by Gasteiger charge is -2.28. The fraction of sp³-hybridized carbons (Fsp3) is 0. The molecule has 11 aromatic rings. The van der Waals surface area contributed by atoms with Crippen LogP contribution in [0.5, 0.6) is 0 Å². The summed E-state index contributed by atoms with van der Waals surface area (Å²) in [4.78, 5) is 13.2. The van der Waals surface area contributed by atoms with Gasteiger partial charge in [0.15, 0.2) is 0 Å². The van der Waals surface area contributed by atoms with Gasteiger partial charge in [0.2, 0.25) is 0 Å². The topological polar surface area (TPSA) is 42.2 Å². The van der Waals surface area contributed by atoms with Crippen LogP contribution in [0.15, 0.2) is 217 Å². The highest BCUT2D eigenvalue weighted by Crippen LogP contribution is 2.45. The van der Waals surface area contributed by atoms with Gasteiger partial charge in [-0.15, -0.1) is 0 Å². The Balaban J connectivity index is 1.15. The van der Waals surface area contributed by atoms with Crippen LogP contribution >= 0.6 is 0 Å². The molecule has 0 bridgehead atoms. The average Bonchev–Trinajstić information content (AvgIpc) is 3.68. The van der Waals surface area contributed by atoms with Crippen molar-refractivity contribution in [2.75, 3.05) is 4.90 Å². The Morgan fingerprint density at radius 2 is 0.931 bits per heavy atom. The van der Waals surface area contributed by atoms with Gasteiger partial charge in [-0.05, 0) is 76.7 Å². The number of para-hydroxylation sites is 2. The van der Waals surface area contributed by atoms with E-state index >= 15 is 0 Å². The molecule has 0 aliphatic heterocycles. The number of fused-ring (bicyclic) bond motifs is 6. The van der Waals surface area contributed by atoms with Crippen LogP contribution in [0.2, 0.25) is 0 Å². The number of benzene rings is 9. The molecule has 0 aliphatic rings. The highest BCUT2D eigenvalue weighted by atomic mass is 16.3. The van der Waals surface area contributed by atoms with Crippen molar-refractivity contribution in [3.63, 3.8) is 0 Å². The molecule has 0 fully saturated rings. The van der Waals surface area contributed by atoms with E-state index in [0.29, 0.717) is 0 Å².